The zero-order chi connectivity index (χ0) is 17.2. The summed E-state index contributed by atoms with van der Waals surface area (Å²) in [5.41, 5.74) is -0.275. The van der Waals surface area contributed by atoms with Crippen molar-refractivity contribution < 1.29 is 17.9 Å². The van der Waals surface area contributed by atoms with Crippen LogP contribution < -0.4 is 5.32 Å². The summed E-state index contributed by atoms with van der Waals surface area (Å²) < 4.78 is 46.4. The molecule has 130 valence electrons. The van der Waals surface area contributed by atoms with Crippen LogP contribution in [0.25, 0.3) is 11.3 Å². The molecule has 1 N–H and O–H groups in total. The fourth-order valence-corrected chi connectivity index (χ4v) is 2.50. The molecule has 0 spiro atoms. The van der Waals surface area contributed by atoms with Gasteiger partial charge in [-0.1, -0.05) is 0 Å². The summed E-state index contributed by atoms with van der Waals surface area (Å²) in [5.74, 6) is -0.0560. The number of alkyl halides is 3. The molecular formula is C15H18F3N5O. The van der Waals surface area contributed by atoms with E-state index < -0.39 is 11.9 Å². The first-order valence-electron chi connectivity index (χ1n) is 7.80. The lowest BCUT2D eigenvalue weighted by molar-refractivity contribution is -0.141. The Morgan fingerprint density at radius 3 is 2.83 bits per heavy atom. The second-order valence-electron chi connectivity index (χ2n) is 5.56. The minimum Gasteiger partial charge on any atom is -0.376 e. The van der Waals surface area contributed by atoms with Crippen LogP contribution in [0.5, 0.6) is 0 Å². The molecule has 0 unspecified atom stereocenters. The number of ether oxygens (including phenoxy) is 1. The topological polar surface area (TPSA) is 64.9 Å². The number of nitrogens with zero attached hydrogens (tertiary/aromatic N) is 4. The van der Waals surface area contributed by atoms with E-state index in [2.05, 4.69) is 20.4 Å². The normalized spacial score (nSPS) is 18.1. The van der Waals surface area contributed by atoms with Crippen LogP contribution in [0.2, 0.25) is 0 Å². The number of halogens is 3. The zero-order valence-corrected chi connectivity index (χ0v) is 13.2. The second kappa shape index (κ2) is 6.76. The van der Waals surface area contributed by atoms with Crippen LogP contribution in [-0.2, 0) is 17.5 Å². The smallest absolute Gasteiger partial charge is 0.376 e. The Balaban J connectivity index is 1.87. The van der Waals surface area contributed by atoms with Gasteiger partial charge in [-0.3, -0.25) is 4.68 Å². The molecule has 1 aliphatic rings. The number of anilines is 1. The standard InChI is InChI=1S/C15H18F3N5O/c1-2-23-9-10(7-20-23)12-6-13(15(16,17)18)22-14(21-12)19-8-11-4-3-5-24-11/h6-7,9,11H,2-5,8H2,1H3,(H,19,21,22)/t11-/m1/s1. The molecule has 1 fully saturated rings. The Morgan fingerprint density at radius 2 is 2.21 bits per heavy atom. The van der Waals surface area contributed by atoms with Crippen LogP contribution in [0.3, 0.4) is 0 Å². The lowest BCUT2D eigenvalue weighted by Gasteiger charge is -2.13. The molecule has 6 nitrogen and oxygen atoms in total. The fraction of sp³-hybridized carbons (Fsp3) is 0.533. The van der Waals surface area contributed by atoms with E-state index >= 15 is 0 Å². The summed E-state index contributed by atoms with van der Waals surface area (Å²) in [4.78, 5) is 7.78. The summed E-state index contributed by atoms with van der Waals surface area (Å²) in [5, 5.41) is 6.93. The third-order valence-electron chi connectivity index (χ3n) is 3.78. The van der Waals surface area contributed by atoms with E-state index in [1.807, 2.05) is 6.92 Å². The molecule has 3 rings (SSSR count). The molecule has 0 saturated carbocycles. The molecule has 1 atom stereocenters. The number of hydrogen-bond acceptors (Lipinski definition) is 5. The largest absolute Gasteiger partial charge is 0.433 e. The minimum atomic E-state index is -4.54. The molecule has 0 radical (unpaired) electrons. The van der Waals surface area contributed by atoms with Crippen molar-refractivity contribution in [2.75, 3.05) is 18.5 Å². The highest BCUT2D eigenvalue weighted by Gasteiger charge is 2.34. The molecule has 3 heterocycles. The quantitative estimate of drug-likeness (QED) is 0.906. The van der Waals surface area contributed by atoms with Crippen LogP contribution in [0.4, 0.5) is 19.1 Å². The molecule has 2 aromatic rings. The highest BCUT2D eigenvalue weighted by molar-refractivity contribution is 5.59. The maximum Gasteiger partial charge on any atom is 0.433 e. The van der Waals surface area contributed by atoms with Gasteiger partial charge in [0, 0.05) is 31.5 Å². The Hall–Kier alpha value is -2.16. The fourth-order valence-electron chi connectivity index (χ4n) is 2.50. The van der Waals surface area contributed by atoms with Gasteiger partial charge in [-0.05, 0) is 25.8 Å². The number of rotatable bonds is 5. The number of nitrogens with one attached hydrogen (secondary N) is 1. The van der Waals surface area contributed by atoms with Gasteiger partial charge in [-0.2, -0.15) is 18.3 Å². The van der Waals surface area contributed by atoms with Gasteiger partial charge < -0.3 is 10.1 Å². The highest BCUT2D eigenvalue weighted by Crippen LogP contribution is 2.31. The van der Waals surface area contributed by atoms with Crippen molar-refractivity contribution in [2.24, 2.45) is 0 Å². The third-order valence-corrected chi connectivity index (χ3v) is 3.78. The molecular weight excluding hydrogens is 323 g/mol. The van der Waals surface area contributed by atoms with Crippen molar-refractivity contribution >= 4 is 5.95 Å². The van der Waals surface area contributed by atoms with E-state index in [1.165, 1.54) is 6.20 Å². The second-order valence-corrected chi connectivity index (χ2v) is 5.56. The third kappa shape index (κ3) is 3.84. The van der Waals surface area contributed by atoms with Crippen LogP contribution in [0.15, 0.2) is 18.5 Å². The summed E-state index contributed by atoms with van der Waals surface area (Å²) in [6.45, 7) is 3.58. The molecule has 0 aromatic carbocycles. The van der Waals surface area contributed by atoms with Gasteiger partial charge in [-0.25, -0.2) is 9.97 Å². The zero-order valence-electron chi connectivity index (χ0n) is 13.2. The summed E-state index contributed by atoms with van der Waals surface area (Å²) in [6, 6.07) is 0.939. The maximum atomic E-state index is 13.1. The molecule has 0 amide bonds. The number of aromatic nitrogens is 4. The van der Waals surface area contributed by atoms with Crippen molar-refractivity contribution in [1.82, 2.24) is 19.7 Å². The summed E-state index contributed by atoms with van der Waals surface area (Å²) >= 11 is 0. The van der Waals surface area contributed by atoms with Crippen LogP contribution in [0, 0.1) is 0 Å². The van der Waals surface area contributed by atoms with Gasteiger partial charge >= 0.3 is 6.18 Å². The van der Waals surface area contributed by atoms with E-state index in [0.29, 0.717) is 25.3 Å². The van der Waals surface area contributed by atoms with Crippen molar-refractivity contribution in [3.05, 3.63) is 24.2 Å². The Labute approximate surface area is 137 Å². The average molecular weight is 341 g/mol. The minimum absolute atomic E-state index is 0.0190. The summed E-state index contributed by atoms with van der Waals surface area (Å²) in [7, 11) is 0. The van der Waals surface area contributed by atoms with Gasteiger partial charge in [0.2, 0.25) is 5.95 Å². The predicted octanol–water partition coefficient (Wildman–Crippen LogP) is 2.97. The van der Waals surface area contributed by atoms with Crippen molar-refractivity contribution in [1.29, 1.82) is 0 Å². The van der Waals surface area contributed by atoms with E-state index in [4.69, 9.17) is 4.74 Å². The number of aryl methyl sites for hydroxylation is 1. The van der Waals surface area contributed by atoms with Crippen molar-refractivity contribution in [3.8, 4) is 11.3 Å². The first-order chi connectivity index (χ1) is 11.5. The molecule has 24 heavy (non-hydrogen) atoms. The molecule has 0 aliphatic carbocycles. The molecule has 0 bridgehead atoms. The maximum absolute atomic E-state index is 13.1. The lowest BCUT2D eigenvalue weighted by Crippen LogP contribution is -2.21. The Bertz CT molecular complexity index is 695. The Kier molecular flexibility index (Phi) is 4.70. The van der Waals surface area contributed by atoms with Crippen molar-refractivity contribution in [3.63, 3.8) is 0 Å². The van der Waals surface area contributed by atoms with Gasteiger partial charge in [0.05, 0.1) is 18.0 Å². The lowest BCUT2D eigenvalue weighted by atomic mass is 10.2. The molecule has 1 saturated heterocycles. The molecule has 9 heteroatoms. The van der Waals surface area contributed by atoms with E-state index in [1.54, 1.807) is 10.9 Å². The molecule has 1 aliphatic heterocycles. The Morgan fingerprint density at radius 1 is 1.38 bits per heavy atom. The van der Waals surface area contributed by atoms with Crippen LogP contribution in [-0.4, -0.2) is 39.0 Å². The average Bonchev–Trinajstić information content (AvgIpc) is 3.23. The van der Waals surface area contributed by atoms with E-state index in [9.17, 15) is 13.2 Å². The SMILES string of the molecule is CCn1cc(-c2cc(C(F)(F)F)nc(NC[C@H]3CCCO3)n2)cn1. The number of hydrogen-bond donors (Lipinski definition) is 1. The van der Waals surface area contributed by atoms with Crippen molar-refractivity contribution in [2.45, 2.75) is 38.6 Å². The summed E-state index contributed by atoms with van der Waals surface area (Å²) in [6.07, 6.45) is 0.426. The van der Waals surface area contributed by atoms with Gasteiger partial charge in [0.25, 0.3) is 0 Å². The molecule has 2 aromatic heterocycles. The van der Waals surface area contributed by atoms with E-state index in [-0.39, 0.29) is 17.7 Å². The first kappa shape index (κ1) is 16.7. The van der Waals surface area contributed by atoms with Gasteiger partial charge in [0.1, 0.15) is 0 Å². The van der Waals surface area contributed by atoms with Gasteiger partial charge in [0.15, 0.2) is 5.69 Å². The monoisotopic (exact) mass is 341 g/mol. The highest BCUT2D eigenvalue weighted by atomic mass is 19.4. The van der Waals surface area contributed by atoms with Crippen LogP contribution >= 0.6 is 0 Å². The predicted molar refractivity (Wildman–Crippen MR) is 81.4 cm³/mol. The van der Waals surface area contributed by atoms with Gasteiger partial charge in [-0.15, -0.1) is 0 Å². The van der Waals surface area contributed by atoms with E-state index in [0.717, 1.165) is 18.9 Å². The first-order valence-corrected chi connectivity index (χ1v) is 7.80. The van der Waals surface area contributed by atoms with Crippen LogP contribution in [0.1, 0.15) is 25.5 Å².